The van der Waals surface area contributed by atoms with Gasteiger partial charge in [-0.2, -0.15) is 0 Å². The number of nitrogen functional groups attached to an aromatic ring is 2. The summed E-state index contributed by atoms with van der Waals surface area (Å²) in [6.45, 7) is -1.28. The van der Waals surface area contributed by atoms with Crippen molar-refractivity contribution in [3.63, 3.8) is 0 Å². The molecule has 45 heavy (non-hydrogen) atoms. The number of aliphatic hydroxyl groups excluding tert-OH is 1. The molecule has 3 aliphatic heterocycles. The molecular formula is C20H29N11O12P2. The Balaban J connectivity index is 1.20. The third-order valence-corrected chi connectivity index (χ3v) is 9.79. The first-order valence-corrected chi connectivity index (χ1v) is 16.7. The fourth-order valence-corrected chi connectivity index (χ4v) is 7.65. The van der Waals surface area contributed by atoms with E-state index in [1.54, 1.807) is 0 Å². The number of aliphatic hydroxyl groups is 1. The van der Waals surface area contributed by atoms with Gasteiger partial charge in [0.05, 0.1) is 0 Å². The molecule has 0 saturated carbocycles. The zero-order valence-corrected chi connectivity index (χ0v) is 24.7. The molecule has 0 aromatic carbocycles. The number of anilines is 2. The number of aromatic amines is 1. The van der Waals surface area contributed by atoms with E-state index in [1.165, 1.54) is 28.1 Å². The summed E-state index contributed by atoms with van der Waals surface area (Å²) in [5.74, 6) is -0.164. The minimum absolute atomic E-state index is 0.0357. The molecule has 4 aromatic rings. The minimum atomic E-state index is -5.12. The van der Waals surface area contributed by atoms with E-state index in [0.717, 1.165) is 0 Å². The van der Waals surface area contributed by atoms with Gasteiger partial charge in [0.1, 0.15) is 0 Å². The Hall–Kier alpha value is -3.12. The molecule has 0 amide bonds. The average Bonchev–Trinajstić information content (AvgIpc) is 3.72. The van der Waals surface area contributed by atoms with Crippen LogP contribution in [0.5, 0.6) is 0 Å². The second-order valence-electron chi connectivity index (χ2n) is 10.4. The Kier molecular flexibility index (Phi) is 7.46. The number of imidazole rings is 2. The molecule has 23 nitrogen and oxygen atoms in total. The molecule has 3 saturated heterocycles. The first-order chi connectivity index (χ1) is 21.3. The summed E-state index contributed by atoms with van der Waals surface area (Å²) < 4.78 is 36.2. The molecule has 7 heterocycles. The first kappa shape index (κ1) is 30.5. The van der Waals surface area contributed by atoms with E-state index in [0.29, 0.717) is 0 Å². The molecule has 3 fully saturated rings. The van der Waals surface area contributed by atoms with Crippen molar-refractivity contribution in [1.29, 1.82) is 0 Å². The maximum atomic E-state index is 12.3. The summed E-state index contributed by atoms with van der Waals surface area (Å²) in [5.41, 5.74) is 17.5. The summed E-state index contributed by atoms with van der Waals surface area (Å²) >= 11 is 0. The summed E-state index contributed by atoms with van der Waals surface area (Å²) in [6.07, 6.45) is -6.02. The molecule has 246 valence electrons. The van der Waals surface area contributed by atoms with Crippen LogP contribution in [0.4, 0.5) is 11.8 Å². The third kappa shape index (κ3) is 5.41. The van der Waals surface area contributed by atoms with Crippen molar-refractivity contribution in [2.45, 2.75) is 49.0 Å². The van der Waals surface area contributed by atoms with Crippen molar-refractivity contribution in [3.05, 3.63) is 29.3 Å². The van der Waals surface area contributed by atoms with Crippen molar-refractivity contribution in [3.8, 4) is 0 Å². The number of nitrogens with zero attached hydrogens (tertiary/aromatic N) is 7. The van der Waals surface area contributed by atoms with Crippen molar-refractivity contribution in [2.75, 3.05) is 24.7 Å². The molecule has 8 atom stereocenters. The fraction of sp³-hybridized carbons (Fsp3) is 0.500. The number of fused-ring (bicyclic) bond motifs is 5. The molecule has 0 radical (unpaired) electrons. The van der Waals surface area contributed by atoms with Gasteiger partial charge in [0, 0.05) is 0 Å². The first-order valence-electron chi connectivity index (χ1n) is 13.2. The van der Waals surface area contributed by atoms with Gasteiger partial charge in [0.15, 0.2) is 0 Å². The number of nitrogens with one attached hydrogen (secondary N) is 1. The molecule has 0 aliphatic carbocycles. The Morgan fingerprint density at radius 2 is 1.47 bits per heavy atom. The van der Waals surface area contributed by atoms with Crippen LogP contribution in [0.15, 0.2) is 23.8 Å². The third-order valence-electron chi connectivity index (χ3n) is 7.55. The van der Waals surface area contributed by atoms with Crippen LogP contribution in [-0.4, -0.2) is 113 Å². The van der Waals surface area contributed by atoms with Gasteiger partial charge in [-0.3, -0.25) is 0 Å². The van der Waals surface area contributed by atoms with Crippen LogP contribution in [0.1, 0.15) is 12.5 Å². The predicted molar refractivity (Wildman–Crippen MR) is 151 cm³/mol. The van der Waals surface area contributed by atoms with Crippen molar-refractivity contribution < 1.29 is 52.2 Å². The number of rotatable bonds is 2. The number of aromatic nitrogens is 8. The summed E-state index contributed by atoms with van der Waals surface area (Å²) in [6, 6.07) is -1.19. The normalized spacial score (nSPS) is 34.9. The monoisotopic (exact) mass is 677 g/mol. The van der Waals surface area contributed by atoms with Crippen LogP contribution < -0.4 is 22.8 Å². The summed E-state index contributed by atoms with van der Waals surface area (Å²) in [7, 11) is -10.2. The zero-order chi connectivity index (χ0) is 31.8. The summed E-state index contributed by atoms with van der Waals surface area (Å²) in [5, 5.41) is 11.2. The van der Waals surface area contributed by atoms with Gasteiger partial charge in [-0.05, 0) is 0 Å². The van der Waals surface area contributed by atoms with Crippen molar-refractivity contribution >= 4 is 50.4 Å². The van der Waals surface area contributed by atoms with E-state index in [9.17, 15) is 29.5 Å². The fourth-order valence-electron chi connectivity index (χ4n) is 5.48. The van der Waals surface area contributed by atoms with E-state index in [-0.39, 0.29) is 34.1 Å². The van der Waals surface area contributed by atoms with E-state index in [2.05, 4.69) is 29.9 Å². The Morgan fingerprint density at radius 1 is 0.844 bits per heavy atom. The number of ether oxygens (including phenoxy) is 2. The van der Waals surface area contributed by atoms with Gasteiger partial charge in [-0.1, -0.05) is 0 Å². The maximum absolute atomic E-state index is 12.3. The molecule has 2 bridgehead atoms. The van der Waals surface area contributed by atoms with Gasteiger partial charge in [-0.25, -0.2) is 0 Å². The van der Waals surface area contributed by atoms with Crippen LogP contribution in [0.25, 0.3) is 22.3 Å². The molecule has 0 unspecified atom stereocenters. The molecule has 25 heteroatoms. The number of hydrogen-bond donors (Lipinski definition) is 9. The van der Waals surface area contributed by atoms with Crippen LogP contribution in [-0.2, 0) is 27.6 Å². The average molecular weight is 677 g/mol. The van der Waals surface area contributed by atoms with Gasteiger partial charge in [-0.15, -0.1) is 0 Å². The molecule has 0 spiro atoms. The Labute approximate surface area is 250 Å². The van der Waals surface area contributed by atoms with E-state index >= 15 is 0 Å². The second kappa shape index (κ2) is 11.0. The van der Waals surface area contributed by atoms with E-state index in [4.69, 9.17) is 44.8 Å². The van der Waals surface area contributed by atoms with E-state index < -0.39 is 84.1 Å². The van der Waals surface area contributed by atoms with Crippen LogP contribution in [0.3, 0.4) is 0 Å². The topological polar surface area (TPSA) is 342 Å². The standard InChI is InChI=1S/C20H29N11O12P2/c21-8-6-1-38-44(34,35)42-12-7(41-18(11(12)32)30-4-26-9-14(22)24-3-25-15(9)30)2-39-45(36,37)43-13(8)19(40-6)31-5-27-10-16(31)28-20(23)29-17(10)33/h3-8,11-13,18-19,32,34-37,44-45H,1-2,21H2,(H2,22,24,25)(H3,23,28,29,33)/t6-,7-,8-,11-,12-,13-,18-,19-/m1/s1. The van der Waals surface area contributed by atoms with Crippen LogP contribution in [0, 0.1) is 0 Å². The number of nitrogens with two attached hydrogens (primary N) is 3. The van der Waals surface area contributed by atoms with E-state index in [1.807, 2.05) is 0 Å². The Morgan fingerprint density at radius 3 is 2.20 bits per heavy atom. The quantitative estimate of drug-likeness (QED) is 0.0919. The van der Waals surface area contributed by atoms with Gasteiger partial charge in [0.25, 0.3) is 0 Å². The molecule has 12 N–H and O–H groups in total. The second-order valence-corrected chi connectivity index (χ2v) is 13.7. The molecule has 4 aromatic heterocycles. The molecule has 7 rings (SSSR count). The Bertz CT molecular complexity index is 1800. The van der Waals surface area contributed by atoms with Crippen molar-refractivity contribution in [1.82, 2.24) is 39.0 Å². The predicted octanol–water partition coefficient (Wildman–Crippen LogP) is -3.79. The zero-order valence-electron chi connectivity index (χ0n) is 22.7. The van der Waals surface area contributed by atoms with Gasteiger partial charge < -0.3 is 0 Å². The number of H-pyrrole nitrogens is 1. The van der Waals surface area contributed by atoms with Gasteiger partial charge in [0.2, 0.25) is 0 Å². The van der Waals surface area contributed by atoms with Crippen LogP contribution >= 0.6 is 16.3 Å². The SMILES string of the molecule is Nc1nc2c(ncn2[C@@H]2O[C@@H]3CO[PH](O)(O)O[C@H]4[C@@H](O)[C@H](n5cnc6c(N)ncnc65)O[C@@H]4CO[PH](O)(O)O[C@@H]2[C@@H]3N)c(=O)[nH]1. The van der Waals surface area contributed by atoms with Crippen LogP contribution in [0.2, 0.25) is 0 Å². The number of hydrogen-bond acceptors (Lipinski definition) is 20. The van der Waals surface area contributed by atoms with Crippen molar-refractivity contribution in [2.24, 2.45) is 5.73 Å². The molecular weight excluding hydrogens is 648 g/mol. The molecule has 3 aliphatic rings. The summed E-state index contributed by atoms with van der Waals surface area (Å²) in [4.78, 5) is 78.2. The van der Waals surface area contributed by atoms with Gasteiger partial charge >= 0.3 is 250 Å².